The van der Waals surface area contributed by atoms with Crippen LogP contribution in [-0.4, -0.2) is 36.1 Å². The van der Waals surface area contributed by atoms with Crippen LogP contribution in [0.1, 0.15) is 51.8 Å². The lowest BCUT2D eigenvalue weighted by molar-refractivity contribution is -0.141. The van der Waals surface area contributed by atoms with E-state index < -0.39 is 12.1 Å². The van der Waals surface area contributed by atoms with Crippen molar-refractivity contribution < 1.29 is 19.1 Å². The first-order valence-electron chi connectivity index (χ1n) is 10.5. The molecule has 1 atom stereocenters. The highest BCUT2D eigenvalue weighted by Gasteiger charge is 2.23. The third kappa shape index (κ3) is 4.95. The first-order valence-corrected chi connectivity index (χ1v) is 10.5. The molecule has 1 aromatic carbocycles. The lowest BCUT2D eigenvalue weighted by Crippen LogP contribution is -2.25. The van der Waals surface area contributed by atoms with E-state index in [1.54, 1.807) is 20.1 Å². The van der Waals surface area contributed by atoms with E-state index in [0.29, 0.717) is 18.7 Å². The number of carbonyl (C=O) groups excluding carboxylic acids is 2. The van der Waals surface area contributed by atoms with Crippen LogP contribution in [0, 0.1) is 25.2 Å². The predicted molar refractivity (Wildman–Crippen MR) is 118 cm³/mol. The third-order valence-electron chi connectivity index (χ3n) is 5.81. The summed E-state index contributed by atoms with van der Waals surface area (Å²) in [5.41, 5.74) is 5.55. The van der Waals surface area contributed by atoms with Crippen molar-refractivity contribution in [3.05, 3.63) is 63.5 Å². The second-order valence-corrected chi connectivity index (χ2v) is 7.89. The van der Waals surface area contributed by atoms with E-state index in [2.05, 4.69) is 4.57 Å². The molecule has 6 nitrogen and oxygen atoms in total. The summed E-state index contributed by atoms with van der Waals surface area (Å²) in [5.74, 6) is -1.07. The first kappa shape index (κ1) is 22.5. The fourth-order valence-electron chi connectivity index (χ4n) is 4.03. The molecule has 1 heterocycles. The summed E-state index contributed by atoms with van der Waals surface area (Å²) in [7, 11) is 1.64. The number of methoxy groups -OCH3 is 1. The molecule has 0 fully saturated rings. The van der Waals surface area contributed by atoms with Gasteiger partial charge in [0.15, 0.2) is 6.10 Å². The normalized spacial score (nSPS) is 14.1. The van der Waals surface area contributed by atoms with E-state index in [4.69, 9.17) is 9.47 Å². The molecule has 0 radical (unpaired) electrons. The molecule has 0 saturated carbocycles. The molecule has 1 unspecified atom stereocenters. The van der Waals surface area contributed by atoms with Gasteiger partial charge < -0.3 is 14.0 Å². The number of hydrogen-bond acceptors (Lipinski definition) is 5. The Kier molecular flexibility index (Phi) is 7.09. The zero-order valence-electron chi connectivity index (χ0n) is 18.5. The zero-order chi connectivity index (χ0) is 22.5. The van der Waals surface area contributed by atoms with Crippen molar-refractivity contribution in [2.24, 2.45) is 0 Å². The Balaban J connectivity index is 1.73. The zero-order valence-corrected chi connectivity index (χ0v) is 18.5. The number of benzene rings is 1. The summed E-state index contributed by atoms with van der Waals surface area (Å²) in [6.07, 6.45) is 3.64. The molecular formula is C25H28N2O4. The number of nitrogens with zero attached hydrogens (tertiary/aromatic N) is 2. The highest BCUT2D eigenvalue weighted by Crippen LogP contribution is 2.24. The standard InChI is InChI=1S/C25H28N2O4/c1-16-12-22(17(2)27(16)10-11-30-4)14-23(15-26)25(29)31-18(3)24(28)21-9-8-19-6-5-7-20(19)13-21/h8-9,12-14,18H,5-7,10-11H2,1-4H3. The lowest BCUT2D eigenvalue weighted by atomic mass is 10.0. The molecule has 1 aliphatic rings. The van der Waals surface area contributed by atoms with E-state index in [1.807, 2.05) is 38.1 Å². The smallest absolute Gasteiger partial charge is 0.349 e. The number of ketones is 1. The number of fused-ring (bicyclic) bond motifs is 1. The number of aryl methyl sites for hydroxylation is 3. The van der Waals surface area contributed by atoms with Crippen molar-refractivity contribution in [2.75, 3.05) is 13.7 Å². The van der Waals surface area contributed by atoms with E-state index in [0.717, 1.165) is 36.2 Å². The van der Waals surface area contributed by atoms with Gasteiger partial charge in [-0.05, 0) is 74.9 Å². The van der Waals surface area contributed by atoms with Crippen LogP contribution >= 0.6 is 0 Å². The van der Waals surface area contributed by atoms with Gasteiger partial charge in [-0.1, -0.05) is 12.1 Å². The molecule has 0 bridgehead atoms. The molecule has 6 heteroatoms. The topological polar surface area (TPSA) is 81.3 Å². The van der Waals surface area contributed by atoms with Gasteiger partial charge in [-0.25, -0.2) is 4.79 Å². The Hall–Kier alpha value is -3.17. The van der Waals surface area contributed by atoms with E-state index >= 15 is 0 Å². The van der Waals surface area contributed by atoms with Crippen LogP contribution in [0.2, 0.25) is 0 Å². The molecule has 0 amide bonds. The van der Waals surface area contributed by atoms with E-state index in [-0.39, 0.29) is 11.4 Å². The Labute approximate surface area is 183 Å². The summed E-state index contributed by atoms with van der Waals surface area (Å²) in [6.45, 7) is 6.67. The number of nitriles is 1. The summed E-state index contributed by atoms with van der Waals surface area (Å²) in [6, 6.07) is 9.47. The van der Waals surface area contributed by atoms with Crippen molar-refractivity contribution in [3.8, 4) is 6.07 Å². The number of rotatable bonds is 8. The summed E-state index contributed by atoms with van der Waals surface area (Å²) in [4.78, 5) is 25.4. The van der Waals surface area contributed by atoms with Gasteiger partial charge in [0, 0.05) is 30.6 Å². The Morgan fingerprint density at radius 3 is 2.68 bits per heavy atom. The molecular weight excluding hydrogens is 392 g/mol. The lowest BCUT2D eigenvalue weighted by Gasteiger charge is -2.13. The molecule has 0 saturated heterocycles. The monoisotopic (exact) mass is 420 g/mol. The molecule has 0 aliphatic heterocycles. The SMILES string of the molecule is COCCn1c(C)cc(C=C(C#N)C(=O)OC(C)C(=O)c2ccc3c(c2)CCC3)c1C. The minimum Gasteiger partial charge on any atom is -0.450 e. The van der Waals surface area contributed by atoms with Gasteiger partial charge in [-0.2, -0.15) is 5.26 Å². The average molecular weight is 421 g/mol. The van der Waals surface area contributed by atoms with Crippen molar-refractivity contribution in [3.63, 3.8) is 0 Å². The highest BCUT2D eigenvalue weighted by atomic mass is 16.5. The van der Waals surface area contributed by atoms with Crippen LogP contribution < -0.4 is 0 Å². The van der Waals surface area contributed by atoms with Crippen LogP contribution in [0.15, 0.2) is 29.8 Å². The van der Waals surface area contributed by atoms with Crippen molar-refractivity contribution in [2.45, 2.75) is 52.7 Å². The number of hydrogen-bond donors (Lipinski definition) is 0. The number of carbonyl (C=O) groups is 2. The third-order valence-corrected chi connectivity index (χ3v) is 5.81. The molecule has 0 spiro atoms. The Morgan fingerprint density at radius 2 is 1.97 bits per heavy atom. The molecule has 162 valence electrons. The maximum absolute atomic E-state index is 12.8. The van der Waals surface area contributed by atoms with Crippen molar-refractivity contribution in [1.82, 2.24) is 4.57 Å². The van der Waals surface area contributed by atoms with Crippen LogP contribution in [0.25, 0.3) is 6.08 Å². The van der Waals surface area contributed by atoms with Crippen LogP contribution in [0.3, 0.4) is 0 Å². The number of esters is 1. The maximum atomic E-state index is 12.8. The van der Waals surface area contributed by atoms with Gasteiger partial charge in [0.05, 0.1) is 6.61 Å². The minimum absolute atomic E-state index is 0.138. The van der Waals surface area contributed by atoms with Gasteiger partial charge in [-0.3, -0.25) is 4.79 Å². The van der Waals surface area contributed by atoms with Crippen LogP contribution in [0.4, 0.5) is 0 Å². The molecule has 3 rings (SSSR count). The van der Waals surface area contributed by atoms with Gasteiger partial charge in [0.2, 0.25) is 5.78 Å². The summed E-state index contributed by atoms with van der Waals surface area (Å²) in [5, 5.41) is 9.51. The predicted octanol–water partition coefficient (Wildman–Crippen LogP) is 3.96. The Bertz CT molecular complexity index is 1070. The number of Topliss-reactive ketones (excluding diaryl/α,β-unsaturated/α-hetero) is 1. The minimum atomic E-state index is -0.974. The van der Waals surface area contributed by atoms with Crippen molar-refractivity contribution in [1.29, 1.82) is 5.26 Å². The quantitative estimate of drug-likeness (QED) is 0.279. The second kappa shape index (κ2) is 9.76. The molecule has 31 heavy (non-hydrogen) atoms. The van der Waals surface area contributed by atoms with E-state index in [1.165, 1.54) is 17.2 Å². The van der Waals surface area contributed by atoms with Crippen molar-refractivity contribution >= 4 is 17.8 Å². The van der Waals surface area contributed by atoms with Gasteiger partial charge >= 0.3 is 5.97 Å². The summed E-state index contributed by atoms with van der Waals surface area (Å²) >= 11 is 0. The molecule has 1 aliphatic carbocycles. The van der Waals surface area contributed by atoms with Crippen LogP contribution in [0.5, 0.6) is 0 Å². The molecule has 0 N–H and O–H groups in total. The molecule has 1 aromatic heterocycles. The summed E-state index contributed by atoms with van der Waals surface area (Å²) < 4.78 is 12.6. The Morgan fingerprint density at radius 1 is 1.23 bits per heavy atom. The maximum Gasteiger partial charge on any atom is 0.349 e. The van der Waals surface area contributed by atoms with Gasteiger partial charge in [-0.15, -0.1) is 0 Å². The first-order chi connectivity index (χ1) is 14.8. The largest absolute Gasteiger partial charge is 0.450 e. The fraction of sp³-hybridized carbons (Fsp3) is 0.400. The highest BCUT2D eigenvalue weighted by molar-refractivity contribution is 6.03. The van der Waals surface area contributed by atoms with Gasteiger partial charge in [0.25, 0.3) is 0 Å². The number of ether oxygens (including phenoxy) is 2. The molecule has 2 aromatic rings. The number of aromatic nitrogens is 1. The van der Waals surface area contributed by atoms with Crippen LogP contribution in [-0.2, 0) is 33.7 Å². The van der Waals surface area contributed by atoms with Gasteiger partial charge in [0.1, 0.15) is 11.6 Å². The average Bonchev–Trinajstić information content (AvgIpc) is 3.33. The van der Waals surface area contributed by atoms with E-state index in [9.17, 15) is 14.9 Å². The fourth-order valence-corrected chi connectivity index (χ4v) is 4.03. The second-order valence-electron chi connectivity index (χ2n) is 7.89.